The topological polar surface area (TPSA) is 24.5 Å². The van der Waals surface area contributed by atoms with E-state index in [4.69, 9.17) is 4.74 Å². The quantitative estimate of drug-likeness (QED) is 0.874. The van der Waals surface area contributed by atoms with Crippen molar-refractivity contribution < 1.29 is 9.13 Å². The molecule has 1 fully saturated rings. The number of nitrogens with zero attached hydrogens (tertiary/aromatic N) is 1. The third kappa shape index (κ3) is 4.72. The molecule has 1 aliphatic heterocycles. The Morgan fingerprint density at radius 1 is 1.27 bits per heavy atom. The molecule has 1 aliphatic rings. The standard InChI is InChI=1S/C16H25FN2O.2ClH/c1-4-12(2)16(19-10-8-18-9-11-19)13-6-5-7-14(20-3)15(13)17;;/h5-7,12,16,18H,4,8-11H2,1-3H3;2*1H/t12?,16-;;/m1../s1. The molecular formula is C16H27Cl2FN2O. The molecule has 2 rings (SSSR count). The van der Waals surface area contributed by atoms with Gasteiger partial charge in [0.25, 0.3) is 0 Å². The zero-order valence-corrected chi connectivity index (χ0v) is 15.1. The SMILES string of the molecule is CCC(C)[C@H](c1cccc(OC)c1F)N1CCNCC1.Cl.Cl. The number of ether oxygens (including phenoxy) is 1. The fraction of sp³-hybridized carbons (Fsp3) is 0.625. The van der Waals surface area contributed by atoms with Gasteiger partial charge in [0.15, 0.2) is 11.6 Å². The fourth-order valence-corrected chi connectivity index (χ4v) is 2.96. The summed E-state index contributed by atoms with van der Waals surface area (Å²) in [6, 6.07) is 5.59. The van der Waals surface area contributed by atoms with Gasteiger partial charge in [0.1, 0.15) is 0 Å². The van der Waals surface area contributed by atoms with E-state index in [-0.39, 0.29) is 36.7 Å². The molecule has 1 N–H and O–H groups in total. The molecule has 6 heteroatoms. The summed E-state index contributed by atoms with van der Waals surface area (Å²) >= 11 is 0. The molecule has 0 radical (unpaired) electrons. The summed E-state index contributed by atoms with van der Waals surface area (Å²) in [6.45, 7) is 8.23. The van der Waals surface area contributed by atoms with Crippen molar-refractivity contribution in [2.45, 2.75) is 26.3 Å². The maximum absolute atomic E-state index is 14.6. The highest BCUT2D eigenvalue weighted by molar-refractivity contribution is 5.85. The van der Waals surface area contributed by atoms with Gasteiger partial charge in [0, 0.05) is 37.8 Å². The average Bonchev–Trinajstić information content (AvgIpc) is 2.50. The first-order valence-corrected chi connectivity index (χ1v) is 7.46. The molecule has 0 amide bonds. The van der Waals surface area contributed by atoms with Gasteiger partial charge in [-0.05, 0) is 12.0 Å². The maximum atomic E-state index is 14.6. The van der Waals surface area contributed by atoms with E-state index < -0.39 is 0 Å². The Bertz CT molecular complexity index is 442. The highest BCUT2D eigenvalue weighted by Crippen LogP contribution is 2.35. The zero-order chi connectivity index (χ0) is 14.5. The summed E-state index contributed by atoms with van der Waals surface area (Å²) in [4.78, 5) is 2.39. The maximum Gasteiger partial charge on any atom is 0.169 e. The Kier molecular flexibility index (Phi) is 10.0. The molecule has 1 aromatic rings. The second-order valence-electron chi connectivity index (χ2n) is 5.48. The third-order valence-electron chi connectivity index (χ3n) is 4.26. The predicted octanol–water partition coefficient (Wildman–Crippen LogP) is 3.67. The van der Waals surface area contributed by atoms with Crippen molar-refractivity contribution in [3.63, 3.8) is 0 Å². The largest absolute Gasteiger partial charge is 0.494 e. The van der Waals surface area contributed by atoms with Crippen LogP contribution in [-0.2, 0) is 0 Å². The average molecular weight is 353 g/mol. The molecule has 2 atom stereocenters. The van der Waals surface area contributed by atoms with Crippen molar-refractivity contribution in [3.05, 3.63) is 29.6 Å². The van der Waals surface area contributed by atoms with E-state index in [0.717, 1.165) is 38.2 Å². The van der Waals surface area contributed by atoms with Gasteiger partial charge < -0.3 is 10.1 Å². The number of nitrogens with one attached hydrogen (secondary N) is 1. The van der Waals surface area contributed by atoms with E-state index in [9.17, 15) is 4.39 Å². The number of benzene rings is 1. The van der Waals surface area contributed by atoms with Crippen LogP contribution in [0.15, 0.2) is 18.2 Å². The Labute approximate surface area is 145 Å². The molecule has 0 spiro atoms. The van der Waals surface area contributed by atoms with Crippen LogP contribution in [0.5, 0.6) is 5.75 Å². The lowest BCUT2D eigenvalue weighted by Crippen LogP contribution is -2.46. The number of halogens is 3. The molecular weight excluding hydrogens is 326 g/mol. The highest BCUT2D eigenvalue weighted by atomic mass is 35.5. The number of hydrogen-bond donors (Lipinski definition) is 1. The molecule has 0 aliphatic carbocycles. The van der Waals surface area contributed by atoms with E-state index >= 15 is 0 Å². The zero-order valence-electron chi connectivity index (χ0n) is 13.5. The molecule has 1 heterocycles. The second-order valence-corrected chi connectivity index (χ2v) is 5.48. The lowest BCUT2D eigenvalue weighted by atomic mass is 9.90. The minimum absolute atomic E-state index is 0. The third-order valence-corrected chi connectivity index (χ3v) is 4.26. The van der Waals surface area contributed by atoms with Crippen LogP contribution in [0, 0.1) is 11.7 Å². The van der Waals surface area contributed by atoms with Crippen molar-refractivity contribution in [2.75, 3.05) is 33.3 Å². The molecule has 1 unspecified atom stereocenters. The summed E-state index contributed by atoms with van der Waals surface area (Å²) in [5.74, 6) is 0.541. The highest BCUT2D eigenvalue weighted by Gasteiger charge is 2.29. The molecule has 0 saturated carbocycles. The number of hydrogen-bond acceptors (Lipinski definition) is 3. The van der Waals surface area contributed by atoms with Gasteiger partial charge in [0.2, 0.25) is 0 Å². The van der Waals surface area contributed by atoms with Crippen molar-refractivity contribution in [1.29, 1.82) is 0 Å². The predicted molar refractivity (Wildman–Crippen MR) is 94.1 cm³/mol. The summed E-state index contributed by atoms with van der Waals surface area (Å²) in [6.07, 6.45) is 1.03. The lowest BCUT2D eigenvalue weighted by Gasteiger charge is -2.38. The number of rotatable bonds is 5. The fourth-order valence-electron chi connectivity index (χ4n) is 2.96. The van der Waals surface area contributed by atoms with Crippen molar-refractivity contribution in [2.24, 2.45) is 5.92 Å². The van der Waals surface area contributed by atoms with Crippen LogP contribution in [-0.4, -0.2) is 38.2 Å². The van der Waals surface area contributed by atoms with Crippen LogP contribution in [0.1, 0.15) is 31.9 Å². The summed E-state index contributed by atoms with van der Waals surface area (Å²) in [7, 11) is 1.52. The van der Waals surface area contributed by atoms with E-state index in [1.807, 2.05) is 12.1 Å². The van der Waals surface area contributed by atoms with Crippen LogP contribution >= 0.6 is 24.8 Å². The molecule has 0 bridgehead atoms. The van der Waals surface area contributed by atoms with Gasteiger partial charge in [0.05, 0.1) is 7.11 Å². The van der Waals surface area contributed by atoms with Gasteiger partial charge in [-0.2, -0.15) is 0 Å². The molecule has 22 heavy (non-hydrogen) atoms. The Morgan fingerprint density at radius 3 is 2.45 bits per heavy atom. The van der Waals surface area contributed by atoms with Gasteiger partial charge in [-0.15, -0.1) is 24.8 Å². The molecule has 0 aromatic heterocycles. The Morgan fingerprint density at radius 2 is 1.91 bits per heavy atom. The van der Waals surface area contributed by atoms with Crippen LogP contribution in [0.4, 0.5) is 4.39 Å². The minimum atomic E-state index is -0.209. The van der Waals surface area contributed by atoms with E-state index in [1.54, 1.807) is 6.07 Å². The summed E-state index contributed by atoms with van der Waals surface area (Å²) < 4.78 is 19.7. The Hall–Kier alpha value is -0.550. The normalized spacial score (nSPS) is 17.8. The van der Waals surface area contributed by atoms with Crippen LogP contribution < -0.4 is 10.1 Å². The van der Waals surface area contributed by atoms with Gasteiger partial charge in [-0.1, -0.05) is 32.4 Å². The molecule has 1 aromatic carbocycles. The van der Waals surface area contributed by atoms with Crippen molar-refractivity contribution in [1.82, 2.24) is 10.2 Å². The lowest BCUT2D eigenvalue weighted by molar-refractivity contribution is 0.125. The second kappa shape index (κ2) is 10.3. The smallest absolute Gasteiger partial charge is 0.169 e. The van der Waals surface area contributed by atoms with Crippen molar-refractivity contribution >= 4 is 24.8 Å². The summed E-state index contributed by atoms with van der Waals surface area (Å²) in [5, 5.41) is 3.36. The molecule has 1 saturated heterocycles. The first-order valence-electron chi connectivity index (χ1n) is 7.46. The van der Waals surface area contributed by atoms with Crippen LogP contribution in [0.2, 0.25) is 0 Å². The van der Waals surface area contributed by atoms with Gasteiger partial charge in [-0.3, -0.25) is 4.90 Å². The Balaban J connectivity index is 0.00000220. The minimum Gasteiger partial charge on any atom is -0.494 e. The van der Waals surface area contributed by atoms with Gasteiger partial charge >= 0.3 is 0 Å². The van der Waals surface area contributed by atoms with E-state index in [2.05, 4.69) is 24.1 Å². The number of methoxy groups -OCH3 is 1. The number of piperazine rings is 1. The summed E-state index contributed by atoms with van der Waals surface area (Å²) in [5.41, 5.74) is 0.764. The van der Waals surface area contributed by atoms with E-state index in [1.165, 1.54) is 7.11 Å². The van der Waals surface area contributed by atoms with E-state index in [0.29, 0.717) is 11.7 Å². The molecule has 128 valence electrons. The first-order chi connectivity index (χ1) is 9.69. The first kappa shape index (κ1) is 21.4. The monoisotopic (exact) mass is 352 g/mol. The van der Waals surface area contributed by atoms with Gasteiger partial charge in [-0.25, -0.2) is 4.39 Å². The van der Waals surface area contributed by atoms with Crippen molar-refractivity contribution in [3.8, 4) is 5.75 Å². The van der Waals surface area contributed by atoms with Crippen LogP contribution in [0.25, 0.3) is 0 Å². The van der Waals surface area contributed by atoms with Crippen LogP contribution in [0.3, 0.4) is 0 Å². The molecule has 3 nitrogen and oxygen atoms in total.